The fourth-order valence-corrected chi connectivity index (χ4v) is 4.56. The Balaban J connectivity index is 1.72. The third kappa shape index (κ3) is 3.73. The Morgan fingerprint density at radius 1 is 1.07 bits per heavy atom. The molecular formula is C23H19NO3S2. The molecule has 0 saturated carbocycles. The summed E-state index contributed by atoms with van der Waals surface area (Å²) < 4.78 is 11.5. The third-order valence-corrected chi connectivity index (χ3v) is 5.93. The minimum absolute atomic E-state index is 0.140. The number of hydrogen-bond acceptors (Lipinski definition) is 5. The monoisotopic (exact) mass is 421 g/mol. The van der Waals surface area contributed by atoms with E-state index >= 15 is 0 Å². The van der Waals surface area contributed by atoms with E-state index < -0.39 is 0 Å². The van der Waals surface area contributed by atoms with Crippen LogP contribution in [-0.2, 0) is 4.79 Å². The Labute approximate surface area is 179 Å². The van der Waals surface area contributed by atoms with E-state index in [9.17, 15) is 4.79 Å². The fraction of sp³-hybridized carbons (Fsp3) is 0.130. The summed E-state index contributed by atoms with van der Waals surface area (Å²) in [4.78, 5) is 15.3. The SMILES string of the molecule is CCOc1ccc(N2C(=O)/C(=C\c3c(OC)ccc4ccccc34)SC2=S)cc1. The quantitative estimate of drug-likeness (QED) is 0.393. The average molecular weight is 422 g/mol. The second-order valence-corrected chi connectivity index (χ2v) is 8.02. The van der Waals surface area contributed by atoms with Crippen molar-refractivity contribution in [3.05, 3.63) is 71.1 Å². The molecule has 6 heteroatoms. The van der Waals surface area contributed by atoms with Gasteiger partial charge in [-0.1, -0.05) is 54.3 Å². The Morgan fingerprint density at radius 3 is 2.55 bits per heavy atom. The molecule has 0 aromatic heterocycles. The number of hydrogen-bond donors (Lipinski definition) is 0. The van der Waals surface area contributed by atoms with Crippen molar-refractivity contribution in [2.24, 2.45) is 0 Å². The second kappa shape index (κ2) is 8.27. The van der Waals surface area contributed by atoms with Gasteiger partial charge >= 0.3 is 0 Å². The number of ether oxygens (including phenoxy) is 2. The summed E-state index contributed by atoms with van der Waals surface area (Å²) in [6.07, 6.45) is 1.87. The van der Waals surface area contributed by atoms with Crippen LogP contribution in [0.15, 0.2) is 65.6 Å². The largest absolute Gasteiger partial charge is 0.496 e. The molecule has 1 saturated heterocycles. The molecule has 29 heavy (non-hydrogen) atoms. The summed E-state index contributed by atoms with van der Waals surface area (Å²) in [5.74, 6) is 1.34. The van der Waals surface area contributed by atoms with Gasteiger partial charge in [-0.05, 0) is 54.1 Å². The highest BCUT2D eigenvalue weighted by Gasteiger charge is 2.33. The molecule has 0 bridgehead atoms. The number of amides is 1. The lowest BCUT2D eigenvalue weighted by molar-refractivity contribution is -0.113. The van der Waals surface area contributed by atoms with Crippen LogP contribution in [-0.4, -0.2) is 23.9 Å². The molecule has 146 valence electrons. The van der Waals surface area contributed by atoms with Crippen LogP contribution in [0.3, 0.4) is 0 Å². The molecule has 0 aliphatic carbocycles. The number of carbonyl (C=O) groups is 1. The lowest BCUT2D eigenvalue weighted by atomic mass is 10.0. The number of methoxy groups -OCH3 is 1. The van der Waals surface area contributed by atoms with Crippen molar-refractivity contribution in [3.63, 3.8) is 0 Å². The normalized spacial score (nSPS) is 15.4. The molecule has 1 heterocycles. The summed E-state index contributed by atoms with van der Waals surface area (Å²) in [6.45, 7) is 2.53. The van der Waals surface area contributed by atoms with Crippen LogP contribution in [0, 0.1) is 0 Å². The molecular weight excluding hydrogens is 402 g/mol. The number of carbonyl (C=O) groups excluding carboxylic acids is 1. The molecule has 0 atom stereocenters. The molecule has 0 spiro atoms. The molecule has 1 amide bonds. The third-order valence-electron chi connectivity index (χ3n) is 4.63. The summed E-state index contributed by atoms with van der Waals surface area (Å²) in [6, 6.07) is 19.3. The second-order valence-electron chi connectivity index (χ2n) is 6.35. The van der Waals surface area contributed by atoms with Gasteiger partial charge in [-0.15, -0.1) is 0 Å². The standard InChI is InChI=1S/C23H19NO3S2/c1-3-27-17-11-9-16(10-12-17)24-22(25)21(29-23(24)28)14-19-18-7-5-4-6-15(18)8-13-20(19)26-2/h4-14H,3H2,1-2H3/b21-14+. The van der Waals surface area contributed by atoms with Crippen LogP contribution in [0.5, 0.6) is 11.5 Å². The molecule has 3 aromatic carbocycles. The van der Waals surface area contributed by atoms with E-state index in [4.69, 9.17) is 21.7 Å². The van der Waals surface area contributed by atoms with E-state index in [1.165, 1.54) is 11.8 Å². The number of anilines is 1. The van der Waals surface area contributed by atoms with Crippen molar-refractivity contribution in [2.75, 3.05) is 18.6 Å². The first-order valence-corrected chi connectivity index (χ1v) is 10.4. The van der Waals surface area contributed by atoms with Gasteiger partial charge in [0.05, 0.1) is 24.3 Å². The summed E-state index contributed by atoms with van der Waals surface area (Å²) in [5, 5.41) is 2.11. The number of rotatable bonds is 5. The Morgan fingerprint density at radius 2 is 1.83 bits per heavy atom. The van der Waals surface area contributed by atoms with Crippen LogP contribution < -0.4 is 14.4 Å². The van der Waals surface area contributed by atoms with Crippen LogP contribution in [0.4, 0.5) is 5.69 Å². The van der Waals surface area contributed by atoms with Crippen LogP contribution in [0.1, 0.15) is 12.5 Å². The average Bonchev–Trinajstić information content (AvgIpc) is 3.02. The van der Waals surface area contributed by atoms with Crippen molar-refractivity contribution in [2.45, 2.75) is 6.92 Å². The number of nitrogens with zero attached hydrogens (tertiary/aromatic N) is 1. The van der Waals surface area contributed by atoms with E-state index in [0.29, 0.717) is 15.8 Å². The first kappa shape index (κ1) is 19.5. The molecule has 1 aliphatic rings. The summed E-state index contributed by atoms with van der Waals surface area (Å²) in [5.41, 5.74) is 1.60. The van der Waals surface area contributed by atoms with E-state index in [-0.39, 0.29) is 5.91 Å². The fourth-order valence-electron chi connectivity index (χ4n) is 3.28. The number of thioether (sulfide) groups is 1. The zero-order valence-corrected chi connectivity index (χ0v) is 17.7. The zero-order chi connectivity index (χ0) is 20.4. The van der Waals surface area contributed by atoms with Crippen molar-refractivity contribution in [1.82, 2.24) is 0 Å². The van der Waals surface area contributed by atoms with Gasteiger partial charge in [0, 0.05) is 5.56 Å². The van der Waals surface area contributed by atoms with Gasteiger partial charge in [-0.25, -0.2) is 0 Å². The number of benzene rings is 3. The van der Waals surface area contributed by atoms with Gasteiger partial charge in [0.25, 0.3) is 5.91 Å². The highest BCUT2D eigenvalue weighted by molar-refractivity contribution is 8.27. The molecule has 0 N–H and O–H groups in total. The van der Waals surface area contributed by atoms with E-state index in [1.54, 1.807) is 12.0 Å². The van der Waals surface area contributed by atoms with Crippen molar-refractivity contribution in [3.8, 4) is 11.5 Å². The predicted octanol–water partition coefficient (Wildman–Crippen LogP) is 5.65. The molecule has 4 rings (SSSR count). The maximum Gasteiger partial charge on any atom is 0.270 e. The highest BCUT2D eigenvalue weighted by atomic mass is 32.2. The smallest absolute Gasteiger partial charge is 0.270 e. The first-order chi connectivity index (χ1) is 14.1. The van der Waals surface area contributed by atoms with Gasteiger partial charge in [-0.2, -0.15) is 0 Å². The van der Waals surface area contributed by atoms with Crippen molar-refractivity contribution >= 4 is 56.7 Å². The maximum atomic E-state index is 13.1. The number of thiocarbonyl (C=S) groups is 1. The molecule has 0 radical (unpaired) electrons. The molecule has 3 aromatic rings. The Kier molecular flexibility index (Phi) is 5.56. The molecule has 4 nitrogen and oxygen atoms in total. The van der Waals surface area contributed by atoms with Crippen LogP contribution in [0.25, 0.3) is 16.8 Å². The van der Waals surface area contributed by atoms with E-state index in [1.807, 2.05) is 73.7 Å². The predicted molar refractivity (Wildman–Crippen MR) is 124 cm³/mol. The summed E-state index contributed by atoms with van der Waals surface area (Å²) in [7, 11) is 1.63. The first-order valence-electron chi connectivity index (χ1n) is 9.19. The molecule has 0 unspecified atom stereocenters. The lowest BCUT2D eigenvalue weighted by Gasteiger charge is -2.15. The van der Waals surface area contributed by atoms with E-state index in [0.717, 1.165) is 33.5 Å². The zero-order valence-electron chi connectivity index (χ0n) is 16.0. The Hall–Kier alpha value is -2.83. The van der Waals surface area contributed by atoms with Crippen molar-refractivity contribution in [1.29, 1.82) is 0 Å². The maximum absolute atomic E-state index is 13.1. The summed E-state index contributed by atoms with van der Waals surface area (Å²) >= 11 is 6.79. The lowest BCUT2D eigenvalue weighted by Crippen LogP contribution is -2.27. The van der Waals surface area contributed by atoms with Gasteiger partial charge in [0.1, 0.15) is 11.5 Å². The van der Waals surface area contributed by atoms with E-state index in [2.05, 4.69) is 0 Å². The van der Waals surface area contributed by atoms with Crippen LogP contribution in [0.2, 0.25) is 0 Å². The van der Waals surface area contributed by atoms with Gasteiger partial charge in [0.2, 0.25) is 0 Å². The topological polar surface area (TPSA) is 38.8 Å². The minimum Gasteiger partial charge on any atom is -0.496 e. The van der Waals surface area contributed by atoms with Gasteiger partial charge in [0.15, 0.2) is 4.32 Å². The van der Waals surface area contributed by atoms with Crippen LogP contribution >= 0.6 is 24.0 Å². The number of fused-ring (bicyclic) bond motifs is 1. The Bertz CT molecular complexity index is 1120. The van der Waals surface area contributed by atoms with Gasteiger partial charge in [-0.3, -0.25) is 9.69 Å². The highest BCUT2D eigenvalue weighted by Crippen LogP contribution is 2.39. The molecule has 1 fully saturated rings. The van der Waals surface area contributed by atoms with Crippen molar-refractivity contribution < 1.29 is 14.3 Å². The van der Waals surface area contributed by atoms with Gasteiger partial charge < -0.3 is 9.47 Å². The minimum atomic E-state index is -0.140. The molecule has 1 aliphatic heterocycles.